The maximum atomic E-state index is 13.2. The average Bonchev–Trinajstić information content (AvgIpc) is 2.29. The Morgan fingerprint density at radius 2 is 2.41 bits per heavy atom. The Morgan fingerprint density at radius 3 is 3.00 bits per heavy atom. The van der Waals surface area contributed by atoms with Gasteiger partial charge in [-0.25, -0.2) is 4.39 Å². The van der Waals surface area contributed by atoms with E-state index in [1.165, 1.54) is 19.2 Å². The summed E-state index contributed by atoms with van der Waals surface area (Å²) in [4.78, 5) is 11.5. The number of benzene rings is 1. The van der Waals surface area contributed by atoms with Crippen LogP contribution in [0.25, 0.3) is 0 Å². The molecule has 0 aliphatic carbocycles. The van der Waals surface area contributed by atoms with Crippen molar-refractivity contribution in [3.05, 3.63) is 29.6 Å². The van der Waals surface area contributed by atoms with E-state index in [0.29, 0.717) is 0 Å². The highest BCUT2D eigenvalue weighted by Gasteiger charge is 2.16. The Kier molecular flexibility index (Phi) is 4.57. The summed E-state index contributed by atoms with van der Waals surface area (Å²) in [6, 6.07) is 4.78. The van der Waals surface area contributed by atoms with Crippen LogP contribution in [-0.4, -0.2) is 25.7 Å². The van der Waals surface area contributed by atoms with Gasteiger partial charge in [-0.05, 0) is 12.1 Å². The molecule has 0 bridgehead atoms. The number of methoxy groups -OCH3 is 1. The third-order valence-corrected chi connectivity index (χ3v) is 2.07. The van der Waals surface area contributed by atoms with Crippen molar-refractivity contribution < 1.29 is 13.9 Å². The molecular weight excluding hydrogens is 225 g/mol. The molecule has 1 rings (SSSR count). The molecule has 1 amide bonds. The van der Waals surface area contributed by atoms with Crippen molar-refractivity contribution in [3.8, 4) is 6.07 Å². The van der Waals surface area contributed by atoms with Crippen LogP contribution in [0.2, 0.25) is 0 Å². The number of anilines is 1. The minimum Gasteiger partial charge on any atom is -0.383 e. The Bertz CT molecular complexity index is 457. The molecule has 0 fully saturated rings. The van der Waals surface area contributed by atoms with Crippen molar-refractivity contribution in [2.45, 2.75) is 6.04 Å². The number of rotatable bonds is 4. The molecule has 0 saturated heterocycles. The fourth-order valence-corrected chi connectivity index (χ4v) is 1.22. The number of ether oxygens (including phenoxy) is 1. The molecule has 5 nitrogen and oxygen atoms in total. The van der Waals surface area contributed by atoms with Crippen molar-refractivity contribution in [2.75, 3.05) is 19.0 Å². The van der Waals surface area contributed by atoms with Crippen molar-refractivity contribution in [1.82, 2.24) is 0 Å². The molecule has 0 saturated carbocycles. The summed E-state index contributed by atoms with van der Waals surface area (Å²) in [5, 5.41) is 11.1. The molecule has 90 valence electrons. The standard InChI is InChI=1S/C11H12FN3O2/c1-17-6-9(14)11(16)15-10-4-2-3-8(12)7(10)5-13/h2-4,9H,6,14H2,1H3,(H,15,16). The highest BCUT2D eigenvalue weighted by atomic mass is 19.1. The first-order chi connectivity index (χ1) is 8.10. The van der Waals surface area contributed by atoms with Gasteiger partial charge >= 0.3 is 0 Å². The van der Waals surface area contributed by atoms with E-state index in [1.807, 2.05) is 0 Å². The Morgan fingerprint density at radius 1 is 1.71 bits per heavy atom. The molecule has 0 radical (unpaired) electrons. The van der Waals surface area contributed by atoms with Crippen molar-refractivity contribution in [3.63, 3.8) is 0 Å². The number of nitrogens with zero attached hydrogens (tertiary/aromatic N) is 1. The first-order valence-electron chi connectivity index (χ1n) is 4.84. The predicted molar refractivity (Wildman–Crippen MR) is 59.6 cm³/mol. The topological polar surface area (TPSA) is 88.1 Å². The second-order valence-electron chi connectivity index (χ2n) is 3.33. The van der Waals surface area contributed by atoms with Gasteiger partial charge in [0.25, 0.3) is 0 Å². The molecule has 3 N–H and O–H groups in total. The van der Waals surface area contributed by atoms with Crippen LogP contribution in [0.3, 0.4) is 0 Å². The lowest BCUT2D eigenvalue weighted by atomic mass is 10.1. The van der Waals surface area contributed by atoms with Crippen LogP contribution in [0.5, 0.6) is 0 Å². The van der Waals surface area contributed by atoms with Crippen LogP contribution in [0.4, 0.5) is 10.1 Å². The second-order valence-corrected chi connectivity index (χ2v) is 3.33. The fraction of sp³-hybridized carbons (Fsp3) is 0.273. The van der Waals surface area contributed by atoms with E-state index in [1.54, 1.807) is 6.07 Å². The number of carbonyl (C=O) groups is 1. The van der Waals surface area contributed by atoms with Crippen LogP contribution in [0, 0.1) is 17.1 Å². The molecule has 1 aromatic carbocycles. The Balaban J connectivity index is 2.86. The van der Waals surface area contributed by atoms with Crippen LogP contribution in [0.15, 0.2) is 18.2 Å². The van der Waals surface area contributed by atoms with E-state index in [4.69, 9.17) is 15.7 Å². The van der Waals surface area contributed by atoms with Crippen LogP contribution < -0.4 is 11.1 Å². The van der Waals surface area contributed by atoms with Crippen LogP contribution in [-0.2, 0) is 9.53 Å². The van der Waals surface area contributed by atoms with E-state index >= 15 is 0 Å². The zero-order chi connectivity index (χ0) is 12.8. The number of nitrogens with two attached hydrogens (primary N) is 1. The van der Waals surface area contributed by atoms with E-state index in [9.17, 15) is 9.18 Å². The summed E-state index contributed by atoms with van der Waals surface area (Å²) in [5.74, 6) is -1.22. The number of carbonyl (C=O) groups excluding carboxylic acids is 1. The zero-order valence-electron chi connectivity index (χ0n) is 9.24. The van der Waals surface area contributed by atoms with Crippen LogP contribution >= 0.6 is 0 Å². The van der Waals surface area contributed by atoms with Gasteiger partial charge in [0, 0.05) is 7.11 Å². The first kappa shape index (κ1) is 13.1. The molecule has 1 unspecified atom stereocenters. The maximum Gasteiger partial charge on any atom is 0.243 e. The molecule has 0 heterocycles. The first-order valence-corrected chi connectivity index (χ1v) is 4.84. The highest BCUT2D eigenvalue weighted by Crippen LogP contribution is 2.17. The average molecular weight is 237 g/mol. The maximum absolute atomic E-state index is 13.2. The minimum atomic E-state index is -0.866. The number of amides is 1. The number of hydrogen-bond donors (Lipinski definition) is 2. The fourth-order valence-electron chi connectivity index (χ4n) is 1.22. The zero-order valence-corrected chi connectivity index (χ0v) is 9.24. The molecule has 0 aliphatic rings. The molecule has 0 spiro atoms. The lowest BCUT2D eigenvalue weighted by Crippen LogP contribution is -2.39. The number of nitriles is 1. The van der Waals surface area contributed by atoms with Gasteiger partial charge in [0.2, 0.25) is 5.91 Å². The van der Waals surface area contributed by atoms with Crippen molar-refractivity contribution in [1.29, 1.82) is 5.26 Å². The van der Waals surface area contributed by atoms with Gasteiger partial charge in [0.15, 0.2) is 0 Å². The highest BCUT2D eigenvalue weighted by molar-refractivity contribution is 5.95. The van der Waals surface area contributed by atoms with Crippen molar-refractivity contribution in [2.24, 2.45) is 5.73 Å². The number of hydrogen-bond acceptors (Lipinski definition) is 4. The van der Waals surface area contributed by atoms with Gasteiger partial charge in [-0.2, -0.15) is 5.26 Å². The SMILES string of the molecule is COCC(N)C(=O)Nc1cccc(F)c1C#N. The molecule has 0 aliphatic heterocycles. The van der Waals surface area contributed by atoms with Gasteiger partial charge < -0.3 is 15.8 Å². The molecule has 1 atom stereocenters. The predicted octanol–water partition coefficient (Wildman–Crippen LogP) is 0.610. The largest absolute Gasteiger partial charge is 0.383 e. The molecule has 0 aromatic heterocycles. The third-order valence-electron chi connectivity index (χ3n) is 2.07. The van der Waals surface area contributed by atoms with Gasteiger partial charge in [0.05, 0.1) is 12.3 Å². The summed E-state index contributed by atoms with van der Waals surface area (Å²) >= 11 is 0. The van der Waals surface area contributed by atoms with Gasteiger partial charge in [-0.3, -0.25) is 4.79 Å². The monoisotopic (exact) mass is 237 g/mol. The second kappa shape index (κ2) is 5.94. The lowest BCUT2D eigenvalue weighted by Gasteiger charge is -2.12. The smallest absolute Gasteiger partial charge is 0.243 e. The molecular formula is C11H12FN3O2. The number of nitrogens with one attached hydrogen (secondary N) is 1. The van der Waals surface area contributed by atoms with Gasteiger partial charge in [0.1, 0.15) is 23.5 Å². The van der Waals surface area contributed by atoms with E-state index < -0.39 is 17.8 Å². The van der Waals surface area contributed by atoms with Crippen molar-refractivity contribution >= 4 is 11.6 Å². The summed E-state index contributed by atoms with van der Waals surface area (Å²) in [6.45, 7) is 0.0447. The quantitative estimate of drug-likeness (QED) is 0.803. The van der Waals surface area contributed by atoms with Gasteiger partial charge in [-0.1, -0.05) is 6.07 Å². The lowest BCUT2D eigenvalue weighted by molar-refractivity contribution is -0.118. The molecule has 17 heavy (non-hydrogen) atoms. The Labute approximate surface area is 98.0 Å². The summed E-state index contributed by atoms with van der Waals surface area (Å²) in [6.07, 6.45) is 0. The third kappa shape index (κ3) is 3.24. The normalized spacial score (nSPS) is 11.6. The summed E-state index contributed by atoms with van der Waals surface area (Å²) in [5.41, 5.74) is 5.38. The summed E-state index contributed by atoms with van der Waals surface area (Å²) in [7, 11) is 1.41. The van der Waals surface area contributed by atoms with E-state index in [2.05, 4.69) is 5.32 Å². The summed E-state index contributed by atoms with van der Waals surface area (Å²) < 4.78 is 17.9. The number of halogens is 1. The minimum absolute atomic E-state index is 0.0447. The molecule has 6 heteroatoms. The van der Waals surface area contributed by atoms with Gasteiger partial charge in [-0.15, -0.1) is 0 Å². The molecule has 1 aromatic rings. The van der Waals surface area contributed by atoms with E-state index in [0.717, 1.165) is 6.07 Å². The van der Waals surface area contributed by atoms with Crippen LogP contribution in [0.1, 0.15) is 5.56 Å². The Hall–Kier alpha value is -1.97. The van der Waals surface area contributed by atoms with E-state index in [-0.39, 0.29) is 17.9 Å².